The summed E-state index contributed by atoms with van der Waals surface area (Å²) in [6, 6.07) is 0. The number of ether oxygens (including phenoxy) is 1. The molecule has 0 bridgehead atoms. The standard InChI is InChI=1S/C3H10O2Si.C3H5O2/c1-4-6(3)5-2;4-1-3-2-5-3/h6H,1-3H3;3H,1-2H2. The Morgan fingerprint density at radius 3 is 2.00 bits per heavy atom. The molecule has 0 amide bonds. The molecule has 1 radical (unpaired) electrons. The van der Waals surface area contributed by atoms with Crippen molar-refractivity contribution in [2.45, 2.75) is 12.7 Å². The molecule has 0 N–H and O–H groups in total. The lowest BCUT2D eigenvalue weighted by Gasteiger charge is -2.00. The maximum Gasteiger partial charge on any atom is 0.317 e. The molecular weight excluding hydrogens is 164 g/mol. The highest BCUT2D eigenvalue weighted by Crippen LogP contribution is 2.05. The van der Waals surface area contributed by atoms with Crippen LogP contribution in [0.3, 0.4) is 0 Å². The zero-order valence-electron chi connectivity index (χ0n) is 7.20. The fourth-order valence-corrected chi connectivity index (χ4v) is 0.453. The van der Waals surface area contributed by atoms with Crippen LogP contribution >= 0.6 is 0 Å². The Morgan fingerprint density at radius 1 is 1.55 bits per heavy atom. The van der Waals surface area contributed by atoms with Gasteiger partial charge in [-0.25, -0.2) is 5.11 Å². The first-order chi connectivity index (χ1) is 5.24. The topological polar surface area (TPSA) is 50.9 Å². The monoisotopic (exact) mass is 179 g/mol. The van der Waals surface area contributed by atoms with E-state index in [-0.39, 0.29) is 12.7 Å². The Bertz CT molecular complexity index is 82.7. The predicted octanol–water partition coefficient (Wildman–Crippen LogP) is -0.0548. The average Bonchev–Trinajstić information content (AvgIpc) is 2.86. The molecule has 0 aromatic carbocycles. The van der Waals surface area contributed by atoms with E-state index in [1.54, 1.807) is 14.2 Å². The molecule has 0 saturated carbocycles. The van der Waals surface area contributed by atoms with Gasteiger partial charge in [0, 0.05) is 14.2 Å². The second-order valence-electron chi connectivity index (χ2n) is 2.16. The van der Waals surface area contributed by atoms with Crippen molar-refractivity contribution in [3.63, 3.8) is 0 Å². The summed E-state index contributed by atoms with van der Waals surface area (Å²) in [6.07, 6.45) is 0.0787. The highest BCUT2D eigenvalue weighted by atomic mass is 28.3. The van der Waals surface area contributed by atoms with Crippen LogP contribution in [0.2, 0.25) is 6.55 Å². The van der Waals surface area contributed by atoms with Crippen molar-refractivity contribution in [3.05, 3.63) is 0 Å². The molecule has 0 aromatic heterocycles. The molecule has 0 aliphatic carbocycles. The Morgan fingerprint density at radius 2 is 2.00 bits per heavy atom. The molecule has 1 saturated heterocycles. The van der Waals surface area contributed by atoms with Crippen molar-refractivity contribution in [1.82, 2.24) is 0 Å². The van der Waals surface area contributed by atoms with Crippen molar-refractivity contribution < 1.29 is 18.7 Å². The largest absolute Gasteiger partial charge is 0.400 e. The van der Waals surface area contributed by atoms with Crippen molar-refractivity contribution in [1.29, 1.82) is 0 Å². The quantitative estimate of drug-likeness (QED) is 0.450. The highest BCUT2D eigenvalue weighted by Gasteiger charge is 2.20. The van der Waals surface area contributed by atoms with E-state index in [1.807, 2.05) is 6.55 Å². The molecule has 0 aromatic rings. The minimum absolute atomic E-state index is 0.0556. The molecular formula is C6H15O4Si. The Balaban J connectivity index is 0.000000183. The number of rotatable bonds is 3. The van der Waals surface area contributed by atoms with E-state index in [2.05, 4.69) is 4.74 Å². The molecule has 1 rings (SSSR count). The molecule has 1 heterocycles. The van der Waals surface area contributed by atoms with Crippen molar-refractivity contribution in [2.75, 3.05) is 27.4 Å². The third-order valence-electron chi connectivity index (χ3n) is 1.25. The summed E-state index contributed by atoms with van der Waals surface area (Å²) in [5, 5.41) is 9.57. The highest BCUT2D eigenvalue weighted by molar-refractivity contribution is 6.42. The summed E-state index contributed by atoms with van der Waals surface area (Å²) < 4.78 is 14.2. The first-order valence-corrected chi connectivity index (χ1v) is 5.59. The Kier molecular flexibility index (Phi) is 6.78. The number of hydrogen-bond acceptors (Lipinski definition) is 3. The average molecular weight is 179 g/mol. The summed E-state index contributed by atoms with van der Waals surface area (Å²) in [7, 11) is 2.17. The lowest BCUT2D eigenvalue weighted by atomic mass is 10.5. The van der Waals surface area contributed by atoms with Gasteiger partial charge < -0.3 is 13.6 Å². The molecule has 0 spiro atoms. The minimum Gasteiger partial charge on any atom is -0.400 e. The normalized spacial score (nSPS) is 21.0. The van der Waals surface area contributed by atoms with E-state index < -0.39 is 9.28 Å². The molecule has 1 atom stereocenters. The van der Waals surface area contributed by atoms with Gasteiger partial charge in [0.2, 0.25) is 0 Å². The third-order valence-corrected chi connectivity index (χ3v) is 2.58. The van der Waals surface area contributed by atoms with Gasteiger partial charge in [-0.1, -0.05) is 0 Å². The van der Waals surface area contributed by atoms with E-state index in [0.29, 0.717) is 6.61 Å². The fraction of sp³-hybridized carbons (Fsp3) is 1.00. The van der Waals surface area contributed by atoms with Crippen LogP contribution in [0.5, 0.6) is 0 Å². The van der Waals surface area contributed by atoms with Gasteiger partial charge in [-0.2, -0.15) is 0 Å². The fourth-order valence-electron chi connectivity index (χ4n) is 0.260. The molecule has 11 heavy (non-hydrogen) atoms. The van der Waals surface area contributed by atoms with Crippen LogP contribution in [-0.4, -0.2) is 42.8 Å². The van der Waals surface area contributed by atoms with Crippen LogP contribution in [0.1, 0.15) is 0 Å². The summed E-state index contributed by atoms with van der Waals surface area (Å²) in [5.41, 5.74) is 0. The van der Waals surface area contributed by atoms with Crippen molar-refractivity contribution in [3.8, 4) is 0 Å². The second-order valence-corrected chi connectivity index (χ2v) is 4.24. The van der Waals surface area contributed by atoms with Gasteiger partial charge in [-0.3, -0.25) is 0 Å². The zero-order chi connectivity index (χ0) is 8.69. The molecule has 1 fully saturated rings. The van der Waals surface area contributed by atoms with Crippen LogP contribution in [-0.2, 0) is 18.7 Å². The summed E-state index contributed by atoms with van der Waals surface area (Å²) in [6.45, 7) is 2.61. The predicted molar refractivity (Wildman–Crippen MR) is 42.3 cm³/mol. The van der Waals surface area contributed by atoms with Gasteiger partial charge in [0.15, 0.2) is 0 Å². The lowest BCUT2D eigenvalue weighted by Crippen LogP contribution is -2.12. The van der Waals surface area contributed by atoms with E-state index in [0.717, 1.165) is 0 Å². The first-order valence-electron chi connectivity index (χ1n) is 3.49. The maximum atomic E-state index is 9.57. The smallest absolute Gasteiger partial charge is 0.317 e. The Hall–Kier alpha value is 0.0569. The van der Waals surface area contributed by atoms with Gasteiger partial charge in [0.1, 0.15) is 12.7 Å². The van der Waals surface area contributed by atoms with Crippen LogP contribution in [0.25, 0.3) is 0 Å². The molecule has 67 valence electrons. The van der Waals surface area contributed by atoms with Gasteiger partial charge in [-0.15, -0.1) is 0 Å². The van der Waals surface area contributed by atoms with Gasteiger partial charge in [0.05, 0.1) is 6.61 Å². The van der Waals surface area contributed by atoms with E-state index in [1.165, 1.54) is 0 Å². The molecule has 4 nitrogen and oxygen atoms in total. The van der Waals surface area contributed by atoms with Crippen LogP contribution in [0.15, 0.2) is 0 Å². The van der Waals surface area contributed by atoms with Crippen LogP contribution in [0.4, 0.5) is 0 Å². The molecule has 1 aliphatic rings. The van der Waals surface area contributed by atoms with Gasteiger partial charge in [0.25, 0.3) is 0 Å². The van der Waals surface area contributed by atoms with E-state index >= 15 is 0 Å². The van der Waals surface area contributed by atoms with Crippen molar-refractivity contribution in [2.24, 2.45) is 0 Å². The SMILES string of the molecule is CO[SiH](C)OC.[O]CC1CO1. The second kappa shape index (κ2) is 6.75. The lowest BCUT2D eigenvalue weighted by molar-refractivity contribution is 0.164. The van der Waals surface area contributed by atoms with Crippen molar-refractivity contribution >= 4 is 9.28 Å². The summed E-state index contributed by atoms with van der Waals surface area (Å²) >= 11 is 0. The third kappa shape index (κ3) is 7.96. The van der Waals surface area contributed by atoms with E-state index in [9.17, 15) is 5.11 Å². The van der Waals surface area contributed by atoms with Crippen LogP contribution in [0, 0.1) is 0 Å². The molecule has 1 unspecified atom stereocenters. The maximum absolute atomic E-state index is 9.57. The number of epoxide rings is 1. The van der Waals surface area contributed by atoms with Gasteiger partial charge >= 0.3 is 9.28 Å². The Labute approximate surface area is 68.9 Å². The first kappa shape index (κ1) is 11.1. The molecule has 1 aliphatic heterocycles. The van der Waals surface area contributed by atoms with E-state index in [4.69, 9.17) is 8.85 Å². The number of hydrogen-bond donors (Lipinski definition) is 0. The summed E-state index contributed by atoms with van der Waals surface area (Å²) in [4.78, 5) is 0. The zero-order valence-corrected chi connectivity index (χ0v) is 8.36. The molecule has 5 heteroatoms. The summed E-state index contributed by atoms with van der Waals surface area (Å²) in [5.74, 6) is 0. The van der Waals surface area contributed by atoms with Gasteiger partial charge in [-0.05, 0) is 6.55 Å². The minimum atomic E-state index is -1.16. The van der Waals surface area contributed by atoms with Crippen LogP contribution < -0.4 is 0 Å².